The van der Waals surface area contributed by atoms with Gasteiger partial charge >= 0.3 is 0 Å². The van der Waals surface area contributed by atoms with E-state index in [9.17, 15) is 4.79 Å². The summed E-state index contributed by atoms with van der Waals surface area (Å²) in [4.78, 5) is 15.8. The van der Waals surface area contributed by atoms with Crippen LogP contribution in [-0.4, -0.2) is 17.9 Å². The van der Waals surface area contributed by atoms with Gasteiger partial charge in [0.25, 0.3) is 0 Å². The minimum absolute atomic E-state index is 0.587. The van der Waals surface area contributed by atoms with E-state index in [1.54, 1.807) is 12.4 Å². The number of rotatable bonds is 4. The predicted octanol–water partition coefficient (Wildman–Crippen LogP) is 4.11. The molecule has 1 heterocycles. The van der Waals surface area contributed by atoms with E-state index >= 15 is 0 Å². The third-order valence-corrected chi connectivity index (χ3v) is 3.42. The first-order valence-electron chi connectivity index (χ1n) is 6.88. The average molecular weight is 277 g/mol. The Morgan fingerprint density at radius 2 is 2.00 bits per heavy atom. The minimum Gasteiger partial charge on any atom is -0.492 e. The zero-order valence-corrected chi connectivity index (χ0v) is 11.7. The Labute approximate surface area is 123 Å². The van der Waals surface area contributed by atoms with E-state index in [1.807, 2.05) is 49.4 Å². The molecule has 0 amide bonds. The molecule has 0 spiro atoms. The van der Waals surface area contributed by atoms with Crippen molar-refractivity contribution in [3.63, 3.8) is 0 Å². The molecule has 104 valence electrons. The first-order valence-corrected chi connectivity index (χ1v) is 6.88. The van der Waals surface area contributed by atoms with Crippen LogP contribution in [0.15, 0.2) is 54.9 Å². The molecular weight excluding hydrogens is 262 g/mol. The number of carbonyl (C=O) groups is 1. The van der Waals surface area contributed by atoms with Crippen molar-refractivity contribution in [3.8, 4) is 16.9 Å². The van der Waals surface area contributed by atoms with E-state index in [1.165, 1.54) is 0 Å². The van der Waals surface area contributed by atoms with Crippen molar-refractivity contribution in [2.24, 2.45) is 0 Å². The summed E-state index contributed by atoms with van der Waals surface area (Å²) in [6, 6.07) is 13.8. The predicted molar refractivity (Wildman–Crippen MR) is 83.7 cm³/mol. The molecule has 0 aliphatic carbocycles. The van der Waals surface area contributed by atoms with E-state index in [2.05, 4.69) is 4.98 Å². The van der Waals surface area contributed by atoms with Crippen LogP contribution in [0.4, 0.5) is 0 Å². The highest BCUT2D eigenvalue weighted by Crippen LogP contribution is 2.30. The third kappa shape index (κ3) is 2.50. The molecule has 21 heavy (non-hydrogen) atoms. The lowest BCUT2D eigenvalue weighted by Gasteiger charge is -2.10. The van der Waals surface area contributed by atoms with E-state index in [0.29, 0.717) is 17.9 Å². The summed E-state index contributed by atoms with van der Waals surface area (Å²) in [7, 11) is 0. The maximum atomic E-state index is 11.6. The summed E-state index contributed by atoms with van der Waals surface area (Å²) in [6.07, 6.45) is 4.33. The topological polar surface area (TPSA) is 39.2 Å². The quantitative estimate of drug-likeness (QED) is 0.674. The fraction of sp³-hybridized carbons (Fsp3) is 0.111. The molecule has 0 radical (unpaired) electrons. The Kier molecular flexibility index (Phi) is 3.65. The maximum Gasteiger partial charge on any atom is 0.151 e. The maximum absolute atomic E-state index is 11.6. The molecule has 3 aromatic rings. The molecule has 0 saturated heterocycles. The summed E-state index contributed by atoms with van der Waals surface area (Å²) in [5.41, 5.74) is 2.44. The molecule has 1 aromatic heterocycles. The summed E-state index contributed by atoms with van der Waals surface area (Å²) >= 11 is 0. The van der Waals surface area contributed by atoms with Gasteiger partial charge in [-0.1, -0.05) is 36.4 Å². The van der Waals surface area contributed by atoms with E-state index in [0.717, 1.165) is 28.2 Å². The van der Waals surface area contributed by atoms with Crippen LogP contribution >= 0.6 is 0 Å². The lowest BCUT2D eigenvalue weighted by Crippen LogP contribution is -1.94. The molecule has 3 rings (SSSR count). The second kappa shape index (κ2) is 5.75. The fourth-order valence-electron chi connectivity index (χ4n) is 2.49. The van der Waals surface area contributed by atoms with Crippen LogP contribution in [-0.2, 0) is 0 Å². The number of fused-ring (bicyclic) bond motifs is 1. The van der Waals surface area contributed by atoms with Gasteiger partial charge in [-0.05, 0) is 29.3 Å². The van der Waals surface area contributed by atoms with E-state index in [4.69, 9.17) is 4.74 Å². The van der Waals surface area contributed by atoms with Crippen LogP contribution in [0, 0.1) is 0 Å². The number of benzene rings is 2. The number of nitrogens with zero attached hydrogens (tertiary/aromatic N) is 1. The first kappa shape index (κ1) is 13.3. The molecule has 0 unspecified atom stereocenters. The van der Waals surface area contributed by atoms with Gasteiger partial charge in [-0.25, -0.2) is 0 Å². The van der Waals surface area contributed by atoms with Gasteiger partial charge in [0.15, 0.2) is 6.29 Å². The highest BCUT2D eigenvalue weighted by molar-refractivity contribution is 6.04. The average Bonchev–Trinajstić information content (AvgIpc) is 2.54. The number of hydrogen-bond acceptors (Lipinski definition) is 3. The van der Waals surface area contributed by atoms with Crippen LogP contribution in [0.2, 0.25) is 0 Å². The monoisotopic (exact) mass is 277 g/mol. The van der Waals surface area contributed by atoms with Crippen molar-refractivity contribution in [2.45, 2.75) is 6.92 Å². The number of aromatic nitrogens is 1. The molecule has 3 heteroatoms. The molecule has 3 nitrogen and oxygen atoms in total. The normalized spacial score (nSPS) is 10.5. The standard InChI is InChI=1S/C18H15NO2/c1-2-21-15-9-14(10-19-11-15)17-8-7-13-5-3-4-6-16(13)18(17)12-20/h3-12H,2H2,1H3. The Balaban J connectivity index is 2.20. The van der Waals surface area contributed by atoms with Gasteiger partial charge in [0.05, 0.1) is 12.8 Å². The molecular formula is C18H15NO2. The third-order valence-electron chi connectivity index (χ3n) is 3.42. The number of hydrogen-bond donors (Lipinski definition) is 0. The van der Waals surface area contributed by atoms with Crippen LogP contribution in [0.25, 0.3) is 21.9 Å². The summed E-state index contributed by atoms with van der Waals surface area (Å²) in [5.74, 6) is 0.708. The first-order chi connectivity index (χ1) is 10.3. The van der Waals surface area contributed by atoms with Gasteiger partial charge in [0.1, 0.15) is 5.75 Å². The van der Waals surface area contributed by atoms with E-state index in [-0.39, 0.29) is 0 Å². The number of carbonyl (C=O) groups excluding carboxylic acids is 1. The van der Waals surface area contributed by atoms with Crippen molar-refractivity contribution < 1.29 is 9.53 Å². The molecule has 0 saturated carbocycles. The van der Waals surface area contributed by atoms with Crippen molar-refractivity contribution >= 4 is 17.1 Å². The van der Waals surface area contributed by atoms with E-state index < -0.39 is 0 Å². The Hall–Kier alpha value is -2.68. The molecule has 0 fully saturated rings. The van der Waals surface area contributed by atoms with Gasteiger partial charge in [0, 0.05) is 17.3 Å². The molecule has 0 atom stereocenters. The van der Waals surface area contributed by atoms with Gasteiger partial charge < -0.3 is 4.74 Å². The largest absolute Gasteiger partial charge is 0.492 e. The van der Waals surface area contributed by atoms with Gasteiger partial charge in [-0.3, -0.25) is 9.78 Å². The van der Waals surface area contributed by atoms with Crippen molar-refractivity contribution in [3.05, 3.63) is 60.4 Å². The molecule has 0 aliphatic heterocycles. The number of aldehydes is 1. The molecule has 0 aliphatic rings. The van der Waals surface area contributed by atoms with Crippen LogP contribution in [0.5, 0.6) is 5.75 Å². The minimum atomic E-state index is 0.587. The molecule has 0 N–H and O–H groups in total. The van der Waals surface area contributed by atoms with Gasteiger partial charge in [-0.15, -0.1) is 0 Å². The number of ether oxygens (including phenoxy) is 1. The van der Waals surface area contributed by atoms with Gasteiger partial charge in [-0.2, -0.15) is 0 Å². The second-order valence-electron chi connectivity index (χ2n) is 4.71. The summed E-state index contributed by atoms with van der Waals surface area (Å²) in [6.45, 7) is 2.52. The summed E-state index contributed by atoms with van der Waals surface area (Å²) in [5, 5.41) is 2.00. The van der Waals surface area contributed by atoms with Crippen molar-refractivity contribution in [1.29, 1.82) is 0 Å². The fourth-order valence-corrected chi connectivity index (χ4v) is 2.49. The zero-order chi connectivity index (χ0) is 14.7. The number of pyridine rings is 1. The highest BCUT2D eigenvalue weighted by atomic mass is 16.5. The molecule has 0 bridgehead atoms. The smallest absolute Gasteiger partial charge is 0.151 e. The SMILES string of the molecule is CCOc1cncc(-c2ccc3ccccc3c2C=O)c1. The Morgan fingerprint density at radius 1 is 1.14 bits per heavy atom. The Morgan fingerprint density at radius 3 is 2.81 bits per heavy atom. The zero-order valence-electron chi connectivity index (χ0n) is 11.7. The van der Waals surface area contributed by atoms with Crippen LogP contribution in [0.1, 0.15) is 17.3 Å². The van der Waals surface area contributed by atoms with Gasteiger partial charge in [0.2, 0.25) is 0 Å². The Bertz CT molecular complexity index is 796. The second-order valence-corrected chi connectivity index (χ2v) is 4.71. The van der Waals surface area contributed by atoms with Crippen LogP contribution in [0.3, 0.4) is 0 Å². The highest BCUT2D eigenvalue weighted by Gasteiger charge is 2.10. The molecule has 2 aromatic carbocycles. The van der Waals surface area contributed by atoms with Crippen LogP contribution < -0.4 is 4.74 Å². The summed E-state index contributed by atoms with van der Waals surface area (Å²) < 4.78 is 5.48. The van der Waals surface area contributed by atoms with Crippen molar-refractivity contribution in [2.75, 3.05) is 6.61 Å². The lowest BCUT2D eigenvalue weighted by atomic mass is 9.96. The van der Waals surface area contributed by atoms with Crippen molar-refractivity contribution in [1.82, 2.24) is 4.98 Å². The lowest BCUT2D eigenvalue weighted by molar-refractivity contribution is 0.112.